The number of likely N-dealkylation sites (tertiary alicyclic amines) is 1. The van der Waals surface area contributed by atoms with Crippen molar-refractivity contribution in [1.82, 2.24) is 4.90 Å². The zero-order valence-corrected chi connectivity index (χ0v) is 12.3. The Bertz CT molecular complexity index is 417. The first-order chi connectivity index (χ1) is 9.69. The number of benzene rings is 1. The van der Waals surface area contributed by atoms with Crippen molar-refractivity contribution in [2.45, 2.75) is 38.8 Å². The summed E-state index contributed by atoms with van der Waals surface area (Å²) in [5, 5.41) is 0. The molecule has 1 aliphatic heterocycles. The summed E-state index contributed by atoms with van der Waals surface area (Å²) in [7, 11) is 0. The first kappa shape index (κ1) is 15.4. The maximum atomic E-state index is 13.1. The smallest absolute Gasteiger partial charge is 0.123 e. The third-order valence-corrected chi connectivity index (χ3v) is 3.94. The molecule has 0 saturated carbocycles. The highest BCUT2D eigenvalue weighted by Crippen LogP contribution is 2.18. The Morgan fingerprint density at radius 3 is 2.75 bits per heavy atom. The van der Waals surface area contributed by atoms with Crippen LogP contribution >= 0.6 is 0 Å². The molecule has 1 aliphatic rings. The first-order valence-electron chi connectivity index (χ1n) is 7.48. The minimum atomic E-state index is -0.154. The maximum Gasteiger partial charge on any atom is 0.123 e. The van der Waals surface area contributed by atoms with E-state index < -0.39 is 0 Å². The van der Waals surface area contributed by atoms with Crippen LogP contribution in [0.4, 0.5) is 4.39 Å². The van der Waals surface area contributed by atoms with Gasteiger partial charge in [0.15, 0.2) is 0 Å². The Labute approximate surface area is 120 Å². The van der Waals surface area contributed by atoms with Crippen LogP contribution in [-0.2, 0) is 11.3 Å². The molecule has 1 heterocycles. The van der Waals surface area contributed by atoms with Gasteiger partial charge < -0.3 is 10.5 Å². The molecule has 4 heteroatoms. The van der Waals surface area contributed by atoms with E-state index in [1.165, 1.54) is 5.56 Å². The lowest BCUT2D eigenvalue weighted by molar-refractivity contribution is 0.00560. The zero-order valence-electron chi connectivity index (χ0n) is 12.3. The molecule has 0 spiro atoms. The van der Waals surface area contributed by atoms with E-state index in [-0.39, 0.29) is 5.82 Å². The molecule has 0 aromatic heterocycles. The van der Waals surface area contributed by atoms with Gasteiger partial charge in [-0.3, -0.25) is 4.90 Å². The lowest BCUT2D eigenvalue weighted by atomic mass is 10.0. The van der Waals surface area contributed by atoms with Crippen molar-refractivity contribution in [3.05, 3.63) is 35.1 Å². The molecule has 1 fully saturated rings. The summed E-state index contributed by atoms with van der Waals surface area (Å²) in [6, 6.07) is 5.05. The van der Waals surface area contributed by atoms with Gasteiger partial charge in [0.25, 0.3) is 0 Å². The van der Waals surface area contributed by atoms with Gasteiger partial charge in [-0.15, -0.1) is 0 Å². The number of rotatable bonds is 6. The number of hydrogen-bond acceptors (Lipinski definition) is 3. The van der Waals surface area contributed by atoms with Crippen molar-refractivity contribution in [2.24, 2.45) is 5.73 Å². The van der Waals surface area contributed by atoms with E-state index >= 15 is 0 Å². The van der Waals surface area contributed by atoms with Crippen molar-refractivity contribution in [2.75, 3.05) is 26.2 Å². The largest absolute Gasteiger partial charge is 0.378 e. The molecule has 0 aliphatic carbocycles. The molecule has 0 radical (unpaired) electrons. The van der Waals surface area contributed by atoms with Crippen LogP contribution in [0, 0.1) is 12.7 Å². The van der Waals surface area contributed by atoms with Gasteiger partial charge in [-0.1, -0.05) is 6.07 Å². The monoisotopic (exact) mass is 280 g/mol. The topological polar surface area (TPSA) is 38.5 Å². The van der Waals surface area contributed by atoms with Crippen LogP contribution in [0.5, 0.6) is 0 Å². The number of nitrogens with zero attached hydrogens (tertiary/aromatic N) is 1. The van der Waals surface area contributed by atoms with Crippen molar-refractivity contribution >= 4 is 0 Å². The molecule has 1 aromatic carbocycles. The minimum absolute atomic E-state index is 0.154. The Hall–Kier alpha value is -0.970. The Morgan fingerprint density at radius 2 is 2.10 bits per heavy atom. The van der Waals surface area contributed by atoms with Crippen LogP contribution in [0.2, 0.25) is 0 Å². The predicted molar refractivity (Wildman–Crippen MR) is 79.1 cm³/mol. The summed E-state index contributed by atoms with van der Waals surface area (Å²) in [5.74, 6) is -0.154. The SMILES string of the molecule is Cc1cc(F)ccc1CN1CCC(OCCCN)CC1. The van der Waals surface area contributed by atoms with E-state index in [0.29, 0.717) is 12.6 Å². The fourth-order valence-corrected chi connectivity index (χ4v) is 2.64. The molecular formula is C16H25FN2O. The second-order valence-electron chi connectivity index (χ2n) is 5.56. The van der Waals surface area contributed by atoms with Crippen LogP contribution in [0.3, 0.4) is 0 Å². The molecule has 1 aromatic rings. The number of ether oxygens (including phenoxy) is 1. The lowest BCUT2D eigenvalue weighted by Crippen LogP contribution is -2.37. The molecule has 3 nitrogen and oxygen atoms in total. The van der Waals surface area contributed by atoms with E-state index in [1.807, 2.05) is 13.0 Å². The second kappa shape index (κ2) is 7.72. The van der Waals surface area contributed by atoms with Crippen molar-refractivity contribution in [3.63, 3.8) is 0 Å². The van der Waals surface area contributed by atoms with Gasteiger partial charge in [0, 0.05) is 26.2 Å². The summed E-state index contributed by atoms with van der Waals surface area (Å²) in [5.41, 5.74) is 7.71. The highest BCUT2D eigenvalue weighted by Gasteiger charge is 2.19. The van der Waals surface area contributed by atoms with Gasteiger partial charge in [-0.05, 0) is 56.0 Å². The Kier molecular flexibility index (Phi) is 5.95. The fraction of sp³-hybridized carbons (Fsp3) is 0.625. The highest BCUT2D eigenvalue weighted by atomic mass is 19.1. The summed E-state index contributed by atoms with van der Waals surface area (Å²) >= 11 is 0. The normalized spacial score (nSPS) is 17.6. The van der Waals surface area contributed by atoms with Crippen molar-refractivity contribution in [3.8, 4) is 0 Å². The minimum Gasteiger partial charge on any atom is -0.378 e. The van der Waals surface area contributed by atoms with Crippen LogP contribution in [0.25, 0.3) is 0 Å². The quantitative estimate of drug-likeness (QED) is 0.814. The van der Waals surface area contributed by atoms with Gasteiger partial charge in [0.1, 0.15) is 5.82 Å². The molecule has 0 amide bonds. The van der Waals surface area contributed by atoms with E-state index in [4.69, 9.17) is 10.5 Å². The highest BCUT2D eigenvalue weighted by molar-refractivity contribution is 5.26. The van der Waals surface area contributed by atoms with Gasteiger partial charge in [0.05, 0.1) is 6.10 Å². The average molecular weight is 280 g/mol. The molecule has 2 rings (SSSR count). The third kappa shape index (κ3) is 4.54. The van der Waals surface area contributed by atoms with Crippen LogP contribution in [-0.4, -0.2) is 37.2 Å². The van der Waals surface area contributed by atoms with Crippen LogP contribution in [0.15, 0.2) is 18.2 Å². The number of halogens is 1. The fourth-order valence-electron chi connectivity index (χ4n) is 2.64. The zero-order chi connectivity index (χ0) is 14.4. The van der Waals surface area contributed by atoms with Crippen LogP contribution < -0.4 is 5.73 Å². The summed E-state index contributed by atoms with van der Waals surface area (Å²) in [4.78, 5) is 2.42. The number of nitrogens with two attached hydrogens (primary N) is 1. The number of aryl methyl sites for hydroxylation is 1. The summed E-state index contributed by atoms with van der Waals surface area (Å²) in [6.07, 6.45) is 3.47. The molecule has 0 unspecified atom stereocenters. The van der Waals surface area contributed by atoms with Crippen molar-refractivity contribution < 1.29 is 9.13 Å². The summed E-state index contributed by atoms with van der Waals surface area (Å²) in [6.45, 7) is 6.44. The molecule has 1 saturated heterocycles. The standard InChI is InChI=1S/C16H25FN2O/c1-13-11-15(17)4-3-14(13)12-19-8-5-16(6-9-19)20-10-2-7-18/h3-4,11,16H,2,5-10,12,18H2,1H3. The molecule has 0 bridgehead atoms. The molecular weight excluding hydrogens is 255 g/mol. The van der Waals surface area contributed by atoms with E-state index in [1.54, 1.807) is 12.1 Å². The molecule has 2 N–H and O–H groups in total. The van der Waals surface area contributed by atoms with Crippen molar-refractivity contribution in [1.29, 1.82) is 0 Å². The van der Waals surface area contributed by atoms with Crippen LogP contribution in [0.1, 0.15) is 30.4 Å². The summed E-state index contributed by atoms with van der Waals surface area (Å²) < 4.78 is 18.9. The molecule has 0 atom stereocenters. The van der Waals surface area contributed by atoms with E-state index in [2.05, 4.69) is 4.90 Å². The van der Waals surface area contributed by atoms with E-state index in [0.717, 1.165) is 51.1 Å². The lowest BCUT2D eigenvalue weighted by Gasteiger charge is -2.32. The van der Waals surface area contributed by atoms with Gasteiger partial charge in [-0.2, -0.15) is 0 Å². The second-order valence-corrected chi connectivity index (χ2v) is 5.56. The third-order valence-electron chi connectivity index (χ3n) is 3.94. The Balaban J connectivity index is 1.76. The first-order valence-corrected chi connectivity index (χ1v) is 7.48. The van der Waals surface area contributed by atoms with E-state index in [9.17, 15) is 4.39 Å². The predicted octanol–water partition coefficient (Wildman–Crippen LogP) is 2.46. The number of hydrogen-bond donors (Lipinski definition) is 1. The molecule has 20 heavy (non-hydrogen) atoms. The van der Waals surface area contributed by atoms with Gasteiger partial charge in [0.2, 0.25) is 0 Å². The van der Waals surface area contributed by atoms with Gasteiger partial charge >= 0.3 is 0 Å². The van der Waals surface area contributed by atoms with Gasteiger partial charge in [-0.25, -0.2) is 4.39 Å². The maximum absolute atomic E-state index is 13.1. The molecule has 112 valence electrons. The number of piperidine rings is 1. The average Bonchev–Trinajstić information content (AvgIpc) is 2.44. The Morgan fingerprint density at radius 1 is 1.35 bits per heavy atom.